The van der Waals surface area contributed by atoms with Gasteiger partial charge < -0.3 is 0 Å². The molecule has 0 bridgehead atoms. The van der Waals surface area contributed by atoms with E-state index in [1.54, 1.807) is 34.8 Å². The van der Waals surface area contributed by atoms with Crippen molar-refractivity contribution in [2.45, 2.75) is 13.3 Å². The van der Waals surface area contributed by atoms with E-state index in [2.05, 4.69) is 9.97 Å². The Kier molecular flexibility index (Phi) is 3.43. The lowest BCUT2D eigenvalue weighted by atomic mass is 10.2. The first-order chi connectivity index (χ1) is 9.81. The standard InChI is InChI=1S/C15H13N3OS/c1-2-14(19)18(11-5-8-16-9-6-11)12-10-20-13-4-3-7-17-15(12)13/h3-10H,2H2,1H3. The fourth-order valence-electron chi connectivity index (χ4n) is 2.08. The molecular formula is C15H13N3OS. The summed E-state index contributed by atoms with van der Waals surface area (Å²) in [5.74, 6) is 0.0431. The van der Waals surface area contributed by atoms with Crippen molar-refractivity contribution in [3.8, 4) is 0 Å². The van der Waals surface area contributed by atoms with Crippen LogP contribution in [0.3, 0.4) is 0 Å². The van der Waals surface area contributed by atoms with E-state index in [9.17, 15) is 4.79 Å². The minimum Gasteiger partial charge on any atom is -0.278 e. The number of aromatic nitrogens is 2. The minimum atomic E-state index is 0.0431. The maximum absolute atomic E-state index is 12.3. The topological polar surface area (TPSA) is 46.1 Å². The number of hydrogen-bond donors (Lipinski definition) is 0. The molecule has 5 heteroatoms. The lowest BCUT2D eigenvalue weighted by Crippen LogP contribution is -2.24. The molecule has 0 aliphatic heterocycles. The summed E-state index contributed by atoms with van der Waals surface area (Å²) in [5.41, 5.74) is 2.51. The van der Waals surface area contributed by atoms with Gasteiger partial charge in [0.25, 0.3) is 0 Å². The fraction of sp³-hybridized carbons (Fsp3) is 0.133. The highest BCUT2D eigenvalue weighted by Gasteiger charge is 2.20. The summed E-state index contributed by atoms with van der Waals surface area (Å²) in [7, 11) is 0. The zero-order chi connectivity index (χ0) is 13.9. The first-order valence-corrected chi connectivity index (χ1v) is 7.24. The van der Waals surface area contributed by atoms with E-state index in [0.29, 0.717) is 6.42 Å². The molecule has 0 saturated heterocycles. The first-order valence-electron chi connectivity index (χ1n) is 6.36. The SMILES string of the molecule is CCC(=O)N(c1ccncc1)c1csc2cccnc12. The summed E-state index contributed by atoms with van der Waals surface area (Å²) in [4.78, 5) is 22.5. The molecule has 0 radical (unpaired) electrons. The van der Waals surface area contributed by atoms with E-state index in [4.69, 9.17) is 0 Å². The van der Waals surface area contributed by atoms with E-state index < -0.39 is 0 Å². The van der Waals surface area contributed by atoms with E-state index in [0.717, 1.165) is 21.6 Å². The highest BCUT2D eigenvalue weighted by atomic mass is 32.1. The maximum atomic E-state index is 12.3. The molecule has 0 aromatic carbocycles. The van der Waals surface area contributed by atoms with Gasteiger partial charge in [0.05, 0.1) is 16.1 Å². The predicted molar refractivity (Wildman–Crippen MR) is 81.3 cm³/mol. The number of thiophene rings is 1. The smallest absolute Gasteiger partial charge is 0.231 e. The summed E-state index contributed by atoms with van der Waals surface area (Å²) in [6.45, 7) is 1.86. The molecule has 4 nitrogen and oxygen atoms in total. The first kappa shape index (κ1) is 12.7. The average molecular weight is 283 g/mol. The molecule has 0 aliphatic carbocycles. The zero-order valence-electron chi connectivity index (χ0n) is 11.0. The number of anilines is 2. The van der Waals surface area contributed by atoms with E-state index >= 15 is 0 Å². The Labute approximate surface area is 120 Å². The van der Waals surface area contributed by atoms with Gasteiger partial charge in [-0.3, -0.25) is 19.7 Å². The van der Waals surface area contributed by atoms with Crippen molar-refractivity contribution >= 4 is 38.8 Å². The molecule has 0 spiro atoms. The van der Waals surface area contributed by atoms with Gasteiger partial charge in [0.2, 0.25) is 5.91 Å². The van der Waals surface area contributed by atoms with Gasteiger partial charge in [-0.25, -0.2) is 0 Å². The normalized spacial score (nSPS) is 10.7. The second-order valence-corrected chi connectivity index (χ2v) is 5.17. The van der Waals surface area contributed by atoms with Crippen LogP contribution in [0.5, 0.6) is 0 Å². The van der Waals surface area contributed by atoms with Crippen LogP contribution in [-0.2, 0) is 4.79 Å². The quantitative estimate of drug-likeness (QED) is 0.735. The van der Waals surface area contributed by atoms with Gasteiger partial charge in [-0.05, 0) is 24.3 Å². The minimum absolute atomic E-state index is 0.0431. The fourth-order valence-corrected chi connectivity index (χ4v) is 2.96. The lowest BCUT2D eigenvalue weighted by molar-refractivity contribution is -0.117. The number of carbonyl (C=O) groups is 1. The van der Waals surface area contributed by atoms with Gasteiger partial charge in [-0.2, -0.15) is 0 Å². The Morgan fingerprint density at radius 1 is 1.25 bits per heavy atom. The molecule has 0 unspecified atom stereocenters. The van der Waals surface area contributed by atoms with Gasteiger partial charge in [0.1, 0.15) is 5.52 Å². The van der Waals surface area contributed by atoms with Crippen LogP contribution in [0.4, 0.5) is 11.4 Å². The van der Waals surface area contributed by atoms with Crippen molar-refractivity contribution in [3.63, 3.8) is 0 Å². The molecule has 0 N–H and O–H groups in total. The van der Waals surface area contributed by atoms with Gasteiger partial charge in [0.15, 0.2) is 0 Å². The molecule has 3 aromatic heterocycles. The average Bonchev–Trinajstić information content (AvgIpc) is 2.92. The Morgan fingerprint density at radius 3 is 2.80 bits per heavy atom. The molecule has 0 aliphatic rings. The van der Waals surface area contributed by atoms with Crippen LogP contribution in [0.15, 0.2) is 48.2 Å². The van der Waals surface area contributed by atoms with Crippen molar-refractivity contribution in [2.24, 2.45) is 0 Å². The number of fused-ring (bicyclic) bond motifs is 1. The zero-order valence-corrected chi connectivity index (χ0v) is 11.8. The van der Waals surface area contributed by atoms with Crippen LogP contribution >= 0.6 is 11.3 Å². The highest BCUT2D eigenvalue weighted by Crippen LogP contribution is 2.35. The summed E-state index contributed by atoms with van der Waals surface area (Å²) in [6, 6.07) is 7.58. The Bertz CT molecular complexity index is 739. The monoisotopic (exact) mass is 283 g/mol. The number of nitrogens with zero attached hydrogens (tertiary/aromatic N) is 3. The summed E-state index contributed by atoms with van der Waals surface area (Å²) in [6.07, 6.45) is 5.56. The van der Waals surface area contributed by atoms with Gasteiger partial charge in [-0.15, -0.1) is 11.3 Å². The van der Waals surface area contributed by atoms with Crippen LogP contribution in [0.1, 0.15) is 13.3 Å². The molecule has 0 atom stereocenters. The summed E-state index contributed by atoms with van der Waals surface area (Å²) < 4.78 is 1.07. The number of amides is 1. The van der Waals surface area contributed by atoms with Crippen LogP contribution in [0.25, 0.3) is 10.2 Å². The Hall–Kier alpha value is -2.27. The molecule has 20 heavy (non-hydrogen) atoms. The van der Waals surface area contributed by atoms with E-state index in [1.807, 2.05) is 36.6 Å². The predicted octanol–water partition coefficient (Wildman–Crippen LogP) is 3.77. The third-order valence-electron chi connectivity index (χ3n) is 3.02. The summed E-state index contributed by atoms with van der Waals surface area (Å²) >= 11 is 1.59. The van der Waals surface area contributed by atoms with E-state index in [1.165, 1.54) is 0 Å². The van der Waals surface area contributed by atoms with Crippen molar-refractivity contribution < 1.29 is 4.79 Å². The number of rotatable bonds is 3. The van der Waals surface area contributed by atoms with Crippen LogP contribution < -0.4 is 4.90 Å². The summed E-state index contributed by atoms with van der Waals surface area (Å²) in [5, 5.41) is 1.98. The van der Waals surface area contributed by atoms with E-state index in [-0.39, 0.29) is 5.91 Å². The third kappa shape index (κ3) is 2.16. The van der Waals surface area contributed by atoms with Crippen molar-refractivity contribution in [3.05, 3.63) is 48.2 Å². The molecule has 100 valence electrons. The molecule has 3 heterocycles. The van der Waals surface area contributed by atoms with Crippen LogP contribution in [-0.4, -0.2) is 15.9 Å². The van der Waals surface area contributed by atoms with Gasteiger partial charge in [0, 0.05) is 30.4 Å². The second-order valence-electron chi connectivity index (χ2n) is 4.26. The Morgan fingerprint density at radius 2 is 2.05 bits per heavy atom. The number of hydrogen-bond acceptors (Lipinski definition) is 4. The van der Waals surface area contributed by atoms with Crippen LogP contribution in [0.2, 0.25) is 0 Å². The molecular weight excluding hydrogens is 270 g/mol. The van der Waals surface area contributed by atoms with Crippen molar-refractivity contribution in [1.82, 2.24) is 9.97 Å². The molecule has 0 fully saturated rings. The molecule has 3 rings (SSSR count). The molecule has 0 saturated carbocycles. The second kappa shape index (κ2) is 5.38. The highest BCUT2D eigenvalue weighted by molar-refractivity contribution is 7.17. The van der Waals surface area contributed by atoms with Gasteiger partial charge in [-0.1, -0.05) is 6.92 Å². The largest absolute Gasteiger partial charge is 0.278 e. The van der Waals surface area contributed by atoms with Crippen LogP contribution in [0, 0.1) is 0 Å². The maximum Gasteiger partial charge on any atom is 0.231 e. The number of pyridine rings is 2. The molecule has 3 aromatic rings. The van der Waals surface area contributed by atoms with Crippen molar-refractivity contribution in [1.29, 1.82) is 0 Å². The molecule has 1 amide bonds. The third-order valence-corrected chi connectivity index (χ3v) is 3.95. The van der Waals surface area contributed by atoms with Crippen molar-refractivity contribution in [2.75, 3.05) is 4.90 Å². The lowest BCUT2D eigenvalue weighted by Gasteiger charge is -2.21. The van der Waals surface area contributed by atoms with Gasteiger partial charge >= 0.3 is 0 Å². The Balaban J connectivity index is 2.17. The number of carbonyl (C=O) groups excluding carboxylic acids is 1.